The number of rotatable bonds is 3. The topological polar surface area (TPSA) is 42.8 Å². The predicted molar refractivity (Wildman–Crippen MR) is 42.8 cm³/mol. The number of nitrogens with two attached hydrogens (primary N) is 1. The van der Waals surface area contributed by atoms with E-state index >= 15 is 0 Å². The quantitative estimate of drug-likeness (QED) is 0.609. The van der Waals surface area contributed by atoms with Crippen LogP contribution in [0.3, 0.4) is 0 Å². The second-order valence-corrected chi connectivity index (χ2v) is 2.54. The Morgan fingerprint density at radius 1 is 1.64 bits per heavy atom. The van der Waals surface area contributed by atoms with Gasteiger partial charge in [-0.05, 0) is 13.0 Å². The summed E-state index contributed by atoms with van der Waals surface area (Å²) in [5.41, 5.74) is 5.39. The molecule has 2 N–H and O–H groups in total. The van der Waals surface area contributed by atoms with Crippen molar-refractivity contribution in [3.8, 4) is 0 Å². The molecule has 3 heteroatoms. The molecule has 3 nitrogen and oxygen atoms in total. The van der Waals surface area contributed by atoms with Crippen molar-refractivity contribution in [1.29, 1.82) is 0 Å². The third-order valence-electron chi connectivity index (χ3n) is 1.63. The number of nitrogens with zero attached hydrogens (tertiary/aromatic N) is 2. The zero-order chi connectivity index (χ0) is 8.10. The third-order valence-corrected chi connectivity index (χ3v) is 1.63. The van der Waals surface area contributed by atoms with Crippen LogP contribution in [0.15, 0.2) is 18.5 Å². The summed E-state index contributed by atoms with van der Waals surface area (Å²) in [6, 6.07) is 1.92. The Kier molecular flexibility index (Phi) is 2.98. The molecule has 0 aliphatic heterocycles. The van der Waals surface area contributed by atoms with E-state index in [-0.39, 0.29) is 0 Å². The first-order chi connectivity index (χ1) is 5.34. The fraction of sp³-hybridized carbons (Fsp3) is 0.500. The average molecular weight is 152 g/mol. The smallest absolute Gasteiger partial charge is 0.298 e. The van der Waals surface area contributed by atoms with Crippen molar-refractivity contribution in [1.82, 2.24) is 4.98 Å². The highest BCUT2D eigenvalue weighted by Gasteiger charge is 2.04. The van der Waals surface area contributed by atoms with Gasteiger partial charge >= 0.3 is 0 Å². The van der Waals surface area contributed by atoms with Gasteiger partial charge in [0.05, 0.1) is 19.7 Å². The minimum atomic E-state index is 0.733. The molecule has 0 atom stereocenters. The van der Waals surface area contributed by atoms with Crippen LogP contribution in [0.25, 0.3) is 0 Å². The molecule has 0 aromatic carbocycles. The fourth-order valence-electron chi connectivity index (χ4n) is 0.975. The van der Waals surface area contributed by atoms with Gasteiger partial charge in [-0.15, -0.1) is 0 Å². The maximum Gasteiger partial charge on any atom is 0.298 e. The first-order valence-electron chi connectivity index (χ1n) is 3.84. The molecular weight excluding hydrogens is 138 g/mol. The van der Waals surface area contributed by atoms with Gasteiger partial charge in [-0.25, -0.2) is 4.57 Å². The molecule has 60 valence electrons. The van der Waals surface area contributed by atoms with Crippen LogP contribution in [0.1, 0.15) is 12.2 Å². The average Bonchev–Trinajstić information content (AvgIpc) is 2.03. The van der Waals surface area contributed by atoms with Crippen LogP contribution in [0, 0.1) is 0 Å². The second kappa shape index (κ2) is 4.03. The highest BCUT2D eigenvalue weighted by Crippen LogP contribution is 1.89. The summed E-state index contributed by atoms with van der Waals surface area (Å²) >= 11 is 0. The molecule has 0 saturated carbocycles. The summed E-state index contributed by atoms with van der Waals surface area (Å²) in [5.74, 6) is 1.10. The lowest BCUT2D eigenvalue weighted by Gasteiger charge is -1.95. The van der Waals surface area contributed by atoms with Crippen molar-refractivity contribution >= 4 is 0 Å². The fourth-order valence-corrected chi connectivity index (χ4v) is 0.975. The maximum absolute atomic E-state index is 5.39. The number of hydrogen-bond acceptors (Lipinski definition) is 2. The largest absolute Gasteiger partial charge is 0.330 e. The van der Waals surface area contributed by atoms with E-state index in [0.29, 0.717) is 0 Å². The number of hydrogen-bond donors (Lipinski definition) is 1. The van der Waals surface area contributed by atoms with E-state index in [1.807, 2.05) is 30.1 Å². The van der Waals surface area contributed by atoms with Crippen LogP contribution in [-0.4, -0.2) is 11.5 Å². The Labute approximate surface area is 66.9 Å². The molecule has 0 amide bonds. The van der Waals surface area contributed by atoms with E-state index < -0.39 is 0 Å². The van der Waals surface area contributed by atoms with Gasteiger partial charge in [0.15, 0.2) is 0 Å². The van der Waals surface area contributed by atoms with Gasteiger partial charge in [0.2, 0.25) is 0 Å². The van der Waals surface area contributed by atoms with Crippen molar-refractivity contribution in [2.24, 2.45) is 12.8 Å². The second-order valence-electron chi connectivity index (χ2n) is 2.54. The molecule has 0 aliphatic carbocycles. The molecular formula is C8H14N3+. The summed E-state index contributed by atoms with van der Waals surface area (Å²) in [7, 11) is 2.00. The lowest BCUT2D eigenvalue weighted by atomic mass is 10.3. The predicted octanol–water partition coefficient (Wildman–Crippen LogP) is -0.203. The van der Waals surface area contributed by atoms with Gasteiger partial charge in [-0.3, -0.25) is 0 Å². The summed E-state index contributed by atoms with van der Waals surface area (Å²) in [6.07, 6.45) is 5.78. The van der Waals surface area contributed by atoms with Crippen LogP contribution >= 0.6 is 0 Å². The monoisotopic (exact) mass is 152 g/mol. The Balaban J connectivity index is 2.62. The molecule has 0 saturated heterocycles. The standard InChI is InChI=1S/C8H14N3/c1-11-7-3-6-10-8(11)4-2-5-9/h3,6-7H,2,4-5,9H2,1H3/q+1. The van der Waals surface area contributed by atoms with Gasteiger partial charge in [0.25, 0.3) is 5.82 Å². The minimum absolute atomic E-state index is 0.733. The first kappa shape index (κ1) is 8.14. The summed E-state index contributed by atoms with van der Waals surface area (Å²) in [4.78, 5) is 4.22. The van der Waals surface area contributed by atoms with E-state index in [0.717, 1.165) is 25.2 Å². The highest BCUT2D eigenvalue weighted by atomic mass is 15.0. The SMILES string of the molecule is C[n+]1cccnc1CCCN. The molecule has 0 fully saturated rings. The molecule has 0 bridgehead atoms. The van der Waals surface area contributed by atoms with Crippen molar-refractivity contribution in [3.63, 3.8) is 0 Å². The maximum atomic E-state index is 5.39. The van der Waals surface area contributed by atoms with Gasteiger partial charge in [0.1, 0.15) is 6.20 Å². The molecule has 11 heavy (non-hydrogen) atoms. The van der Waals surface area contributed by atoms with Crippen molar-refractivity contribution in [2.75, 3.05) is 6.54 Å². The molecule has 1 heterocycles. The molecule has 0 aliphatic rings. The summed E-state index contributed by atoms with van der Waals surface area (Å²) in [6.45, 7) is 0.733. The minimum Gasteiger partial charge on any atom is -0.330 e. The van der Waals surface area contributed by atoms with Crippen LogP contribution < -0.4 is 10.3 Å². The van der Waals surface area contributed by atoms with E-state index in [4.69, 9.17) is 5.73 Å². The van der Waals surface area contributed by atoms with E-state index in [9.17, 15) is 0 Å². The van der Waals surface area contributed by atoms with E-state index in [2.05, 4.69) is 4.98 Å². The molecule has 0 radical (unpaired) electrons. The van der Waals surface area contributed by atoms with Crippen molar-refractivity contribution in [3.05, 3.63) is 24.3 Å². The van der Waals surface area contributed by atoms with Crippen LogP contribution in [0.2, 0.25) is 0 Å². The van der Waals surface area contributed by atoms with E-state index in [1.165, 1.54) is 0 Å². The Hall–Kier alpha value is -0.960. The lowest BCUT2D eigenvalue weighted by molar-refractivity contribution is -0.682. The summed E-state index contributed by atoms with van der Waals surface area (Å²) in [5, 5.41) is 0. The zero-order valence-corrected chi connectivity index (χ0v) is 6.83. The van der Waals surface area contributed by atoms with Crippen LogP contribution in [0.5, 0.6) is 0 Å². The van der Waals surface area contributed by atoms with Crippen LogP contribution in [0.4, 0.5) is 0 Å². The van der Waals surface area contributed by atoms with Crippen molar-refractivity contribution in [2.45, 2.75) is 12.8 Å². The lowest BCUT2D eigenvalue weighted by Crippen LogP contribution is -2.34. The number of aryl methyl sites for hydroxylation is 2. The Bertz CT molecular complexity index is 222. The van der Waals surface area contributed by atoms with Gasteiger partial charge in [0, 0.05) is 6.07 Å². The normalized spacial score (nSPS) is 10.0. The molecule has 0 spiro atoms. The van der Waals surface area contributed by atoms with Crippen LogP contribution in [-0.2, 0) is 13.5 Å². The molecule has 1 aromatic heterocycles. The van der Waals surface area contributed by atoms with Gasteiger partial charge < -0.3 is 5.73 Å². The van der Waals surface area contributed by atoms with Gasteiger partial charge in [-0.1, -0.05) is 4.98 Å². The Morgan fingerprint density at radius 3 is 3.09 bits per heavy atom. The van der Waals surface area contributed by atoms with Gasteiger partial charge in [-0.2, -0.15) is 0 Å². The molecule has 0 unspecified atom stereocenters. The Morgan fingerprint density at radius 2 is 2.45 bits per heavy atom. The highest BCUT2D eigenvalue weighted by molar-refractivity contribution is 4.80. The number of aromatic nitrogens is 2. The molecule has 1 aromatic rings. The molecule has 1 rings (SSSR count). The first-order valence-corrected chi connectivity index (χ1v) is 3.84. The zero-order valence-electron chi connectivity index (χ0n) is 6.83. The van der Waals surface area contributed by atoms with Crippen molar-refractivity contribution < 1.29 is 4.57 Å². The third kappa shape index (κ3) is 2.27. The summed E-state index contributed by atoms with van der Waals surface area (Å²) < 4.78 is 2.02. The van der Waals surface area contributed by atoms with E-state index in [1.54, 1.807) is 0 Å².